The molecule has 1 aromatic carbocycles. The molecular weight excluding hydrogens is 305 g/mol. The summed E-state index contributed by atoms with van der Waals surface area (Å²) in [6.45, 7) is 11.6. The van der Waals surface area contributed by atoms with Crippen molar-refractivity contribution < 1.29 is 19.2 Å². The second-order valence-corrected chi connectivity index (χ2v) is 7.74. The zero-order valence-corrected chi connectivity index (χ0v) is 15.1. The molecule has 0 amide bonds. The Morgan fingerprint density at radius 3 is 2.33 bits per heavy atom. The first-order chi connectivity index (χ1) is 11.3. The topological polar surface area (TPSA) is 51.2 Å². The van der Waals surface area contributed by atoms with E-state index >= 15 is 0 Å². The second kappa shape index (κ2) is 6.77. The van der Waals surface area contributed by atoms with Gasteiger partial charge in [0.1, 0.15) is 0 Å². The van der Waals surface area contributed by atoms with Crippen LogP contribution in [-0.4, -0.2) is 60.7 Å². The van der Waals surface area contributed by atoms with Crippen LogP contribution in [0.5, 0.6) is 0 Å². The summed E-state index contributed by atoms with van der Waals surface area (Å²) >= 11 is 0. The van der Waals surface area contributed by atoms with E-state index < -0.39 is 0 Å². The first-order valence-corrected chi connectivity index (χ1v) is 8.70. The number of aliphatic hydroxyl groups is 1. The molecule has 0 bridgehead atoms. The molecule has 0 aliphatic carbocycles. The SMILES string of the molecule is CC1(C)OB(c2ccc(CN3CCO[C@H](CO)C3)cc2)OC1(C)C. The average molecular weight is 333 g/mol. The highest BCUT2D eigenvalue weighted by Crippen LogP contribution is 2.36. The molecule has 1 atom stereocenters. The summed E-state index contributed by atoms with van der Waals surface area (Å²) in [5.74, 6) is 0. The molecule has 0 aromatic heterocycles. The van der Waals surface area contributed by atoms with E-state index in [2.05, 4.69) is 56.9 Å². The van der Waals surface area contributed by atoms with Crippen LogP contribution in [0, 0.1) is 0 Å². The maximum absolute atomic E-state index is 9.24. The maximum Gasteiger partial charge on any atom is 0.494 e. The summed E-state index contributed by atoms with van der Waals surface area (Å²) in [4.78, 5) is 2.31. The summed E-state index contributed by atoms with van der Waals surface area (Å²) in [6.07, 6.45) is -0.0669. The standard InChI is InChI=1S/C18H28BNO4/c1-17(2)18(3,4)24-19(23-17)15-7-5-14(6-8-15)11-20-9-10-22-16(12-20)13-21/h5-8,16,21H,9-13H2,1-4H3/t16-/m0/s1. The van der Waals surface area contributed by atoms with Crippen LogP contribution in [0.3, 0.4) is 0 Å². The molecular formula is C18H28BNO4. The maximum atomic E-state index is 9.24. The fraction of sp³-hybridized carbons (Fsp3) is 0.667. The molecule has 0 saturated carbocycles. The summed E-state index contributed by atoms with van der Waals surface area (Å²) in [6, 6.07) is 8.43. The van der Waals surface area contributed by atoms with E-state index in [0.29, 0.717) is 6.61 Å². The van der Waals surface area contributed by atoms with Crippen molar-refractivity contribution in [1.29, 1.82) is 0 Å². The van der Waals surface area contributed by atoms with Crippen molar-refractivity contribution in [2.75, 3.05) is 26.3 Å². The zero-order valence-electron chi connectivity index (χ0n) is 15.1. The molecule has 2 aliphatic rings. The molecule has 5 nitrogen and oxygen atoms in total. The number of hydrogen-bond acceptors (Lipinski definition) is 5. The monoisotopic (exact) mass is 333 g/mol. The molecule has 0 unspecified atom stereocenters. The van der Waals surface area contributed by atoms with Gasteiger partial charge < -0.3 is 19.2 Å². The highest BCUT2D eigenvalue weighted by atomic mass is 16.7. The minimum absolute atomic E-state index is 0.0669. The van der Waals surface area contributed by atoms with Gasteiger partial charge >= 0.3 is 7.12 Å². The number of ether oxygens (including phenoxy) is 1. The Morgan fingerprint density at radius 2 is 1.75 bits per heavy atom. The lowest BCUT2D eigenvalue weighted by molar-refractivity contribution is -0.0551. The van der Waals surface area contributed by atoms with Gasteiger partial charge in [0.25, 0.3) is 0 Å². The van der Waals surface area contributed by atoms with Crippen LogP contribution in [0.25, 0.3) is 0 Å². The smallest absolute Gasteiger partial charge is 0.399 e. The van der Waals surface area contributed by atoms with E-state index in [4.69, 9.17) is 14.0 Å². The number of aliphatic hydroxyl groups excluding tert-OH is 1. The van der Waals surface area contributed by atoms with E-state index in [1.807, 2.05) is 0 Å². The van der Waals surface area contributed by atoms with Crippen molar-refractivity contribution in [2.45, 2.75) is 51.5 Å². The number of hydrogen-bond donors (Lipinski definition) is 1. The van der Waals surface area contributed by atoms with Gasteiger partial charge in [0.05, 0.1) is 30.5 Å². The summed E-state index contributed by atoms with van der Waals surface area (Å²) < 4.78 is 17.7. The number of rotatable bonds is 4. The molecule has 2 saturated heterocycles. The molecule has 0 spiro atoms. The van der Waals surface area contributed by atoms with Crippen molar-refractivity contribution in [1.82, 2.24) is 4.90 Å². The Labute approximate surface area is 145 Å². The lowest BCUT2D eigenvalue weighted by Crippen LogP contribution is -2.43. The van der Waals surface area contributed by atoms with Gasteiger partial charge in [-0.1, -0.05) is 24.3 Å². The predicted octanol–water partition coefficient (Wildman–Crippen LogP) is 1.18. The van der Waals surface area contributed by atoms with Crippen molar-refractivity contribution in [3.8, 4) is 0 Å². The molecule has 2 fully saturated rings. The van der Waals surface area contributed by atoms with Crippen LogP contribution in [0.15, 0.2) is 24.3 Å². The third-order valence-corrected chi connectivity index (χ3v) is 5.34. The summed E-state index contributed by atoms with van der Waals surface area (Å²) in [5, 5.41) is 9.24. The Morgan fingerprint density at radius 1 is 1.12 bits per heavy atom. The van der Waals surface area contributed by atoms with E-state index in [9.17, 15) is 5.11 Å². The second-order valence-electron chi connectivity index (χ2n) is 7.74. The highest BCUT2D eigenvalue weighted by molar-refractivity contribution is 6.62. The Hall–Kier alpha value is -0.915. The van der Waals surface area contributed by atoms with Gasteiger partial charge in [-0.15, -0.1) is 0 Å². The molecule has 24 heavy (non-hydrogen) atoms. The van der Waals surface area contributed by atoms with Gasteiger partial charge in [0, 0.05) is 19.6 Å². The molecule has 3 rings (SSSR count). The van der Waals surface area contributed by atoms with E-state index in [0.717, 1.165) is 25.1 Å². The minimum atomic E-state index is -0.316. The van der Waals surface area contributed by atoms with Gasteiger partial charge in [-0.05, 0) is 38.7 Å². The van der Waals surface area contributed by atoms with Gasteiger partial charge in [-0.3, -0.25) is 4.90 Å². The van der Waals surface area contributed by atoms with Crippen LogP contribution >= 0.6 is 0 Å². The fourth-order valence-corrected chi connectivity index (χ4v) is 3.05. The Balaban J connectivity index is 1.62. The average Bonchev–Trinajstić information content (AvgIpc) is 2.76. The molecule has 6 heteroatoms. The van der Waals surface area contributed by atoms with Crippen LogP contribution in [0.4, 0.5) is 0 Å². The number of nitrogens with zero attached hydrogens (tertiary/aromatic N) is 1. The van der Waals surface area contributed by atoms with E-state index in [-0.39, 0.29) is 31.0 Å². The predicted molar refractivity (Wildman–Crippen MR) is 94.3 cm³/mol. The summed E-state index contributed by atoms with van der Waals surface area (Å²) in [5.41, 5.74) is 1.66. The third-order valence-electron chi connectivity index (χ3n) is 5.34. The normalized spacial score (nSPS) is 26.7. The number of benzene rings is 1. The summed E-state index contributed by atoms with van der Waals surface area (Å²) in [7, 11) is -0.314. The van der Waals surface area contributed by atoms with Crippen molar-refractivity contribution in [2.24, 2.45) is 0 Å². The molecule has 2 heterocycles. The van der Waals surface area contributed by atoms with Crippen LogP contribution in [-0.2, 0) is 20.6 Å². The minimum Gasteiger partial charge on any atom is -0.399 e. The first-order valence-electron chi connectivity index (χ1n) is 8.70. The largest absolute Gasteiger partial charge is 0.494 e. The first kappa shape index (κ1) is 17.9. The number of morpholine rings is 1. The van der Waals surface area contributed by atoms with Crippen LogP contribution in [0.2, 0.25) is 0 Å². The van der Waals surface area contributed by atoms with Gasteiger partial charge in [-0.25, -0.2) is 0 Å². The van der Waals surface area contributed by atoms with E-state index in [1.165, 1.54) is 5.56 Å². The fourth-order valence-electron chi connectivity index (χ4n) is 3.05. The van der Waals surface area contributed by atoms with Gasteiger partial charge in [0.15, 0.2) is 0 Å². The lowest BCUT2D eigenvalue weighted by atomic mass is 9.79. The van der Waals surface area contributed by atoms with Crippen molar-refractivity contribution >= 4 is 12.6 Å². The molecule has 1 N–H and O–H groups in total. The molecule has 2 aliphatic heterocycles. The molecule has 0 radical (unpaired) electrons. The van der Waals surface area contributed by atoms with Crippen LogP contribution in [0.1, 0.15) is 33.3 Å². The quantitative estimate of drug-likeness (QED) is 0.839. The highest BCUT2D eigenvalue weighted by Gasteiger charge is 2.51. The lowest BCUT2D eigenvalue weighted by Gasteiger charge is -2.32. The van der Waals surface area contributed by atoms with Gasteiger partial charge in [-0.2, -0.15) is 0 Å². The molecule has 1 aromatic rings. The Kier molecular flexibility index (Phi) is 5.05. The van der Waals surface area contributed by atoms with Crippen molar-refractivity contribution in [3.05, 3.63) is 29.8 Å². The van der Waals surface area contributed by atoms with Crippen LogP contribution < -0.4 is 5.46 Å². The van der Waals surface area contributed by atoms with E-state index in [1.54, 1.807) is 0 Å². The molecule has 132 valence electrons. The van der Waals surface area contributed by atoms with Crippen molar-refractivity contribution in [3.63, 3.8) is 0 Å². The van der Waals surface area contributed by atoms with Gasteiger partial charge in [0.2, 0.25) is 0 Å². The Bertz CT molecular complexity index is 545. The third kappa shape index (κ3) is 3.68. The zero-order chi connectivity index (χ0) is 17.4.